The van der Waals surface area contributed by atoms with Gasteiger partial charge in [-0.15, -0.1) is 0 Å². The molecule has 0 saturated carbocycles. The Labute approximate surface area is 98.7 Å². The summed E-state index contributed by atoms with van der Waals surface area (Å²) in [5, 5.41) is 9.15. The fraction of sp³-hybridized carbons (Fsp3) is 0.417. The normalized spacial score (nSPS) is 12.8. The monoisotopic (exact) mass is 243 g/mol. The van der Waals surface area contributed by atoms with Crippen LogP contribution in [0.15, 0.2) is 18.2 Å². The van der Waals surface area contributed by atoms with Gasteiger partial charge in [0.15, 0.2) is 0 Å². The van der Waals surface area contributed by atoms with Gasteiger partial charge >= 0.3 is 5.97 Å². The molecule has 0 amide bonds. The van der Waals surface area contributed by atoms with Crippen LogP contribution in [0, 0.1) is 11.6 Å². The van der Waals surface area contributed by atoms with E-state index in [0.29, 0.717) is 13.1 Å². The first kappa shape index (κ1) is 13.6. The molecule has 1 unspecified atom stereocenters. The molecule has 5 heteroatoms. The number of aliphatic carboxylic acids is 1. The van der Waals surface area contributed by atoms with Crippen molar-refractivity contribution in [1.29, 1.82) is 0 Å². The Bertz CT molecular complexity index is 385. The van der Waals surface area contributed by atoms with Gasteiger partial charge in [0.05, 0.1) is 0 Å². The maximum absolute atomic E-state index is 13.1. The van der Waals surface area contributed by atoms with Crippen molar-refractivity contribution in [2.75, 3.05) is 13.1 Å². The van der Waals surface area contributed by atoms with E-state index in [4.69, 9.17) is 5.11 Å². The van der Waals surface area contributed by atoms with Gasteiger partial charge in [-0.25, -0.2) is 8.78 Å². The fourth-order valence-electron chi connectivity index (χ4n) is 1.83. The fourth-order valence-corrected chi connectivity index (χ4v) is 1.83. The van der Waals surface area contributed by atoms with Gasteiger partial charge in [-0.05, 0) is 30.8 Å². The maximum atomic E-state index is 13.1. The third kappa shape index (κ3) is 3.23. The van der Waals surface area contributed by atoms with Crippen molar-refractivity contribution in [1.82, 2.24) is 4.90 Å². The van der Waals surface area contributed by atoms with Crippen molar-refractivity contribution < 1.29 is 18.7 Å². The highest BCUT2D eigenvalue weighted by atomic mass is 19.1. The summed E-state index contributed by atoms with van der Waals surface area (Å²) in [7, 11) is 0. The van der Waals surface area contributed by atoms with Crippen LogP contribution in [-0.2, 0) is 4.79 Å². The van der Waals surface area contributed by atoms with Gasteiger partial charge < -0.3 is 5.11 Å². The van der Waals surface area contributed by atoms with Crippen molar-refractivity contribution >= 4 is 5.97 Å². The van der Waals surface area contributed by atoms with E-state index in [1.807, 2.05) is 0 Å². The minimum absolute atomic E-state index is 0.124. The first-order valence-electron chi connectivity index (χ1n) is 5.42. The van der Waals surface area contributed by atoms with Gasteiger partial charge in [0.2, 0.25) is 0 Å². The lowest BCUT2D eigenvalue weighted by molar-refractivity contribution is -0.143. The van der Waals surface area contributed by atoms with Crippen LogP contribution in [0.25, 0.3) is 0 Å². The maximum Gasteiger partial charge on any atom is 0.325 e. The van der Waals surface area contributed by atoms with Crippen LogP contribution in [0.1, 0.15) is 25.5 Å². The Morgan fingerprint density at radius 3 is 2.06 bits per heavy atom. The van der Waals surface area contributed by atoms with Gasteiger partial charge in [-0.3, -0.25) is 9.69 Å². The Balaban J connectivity index is 3.17. The molecule has 0 aromatic heterocycles. The molecule has 0 radical (unpaired) electrons. The van der Waals surface area contributed by atoms with Gasteiger partial charge in [-0.1, -0.05) is 13.8 Å². The molecule has 0 heterocycles. The molecule has 17 heavy (non-hydrogen) atoms. The van der Waals surface area contributed by atoms with Crippen molar-refractivity contribution in [2.24, 2.45) is 0 Å². The van der Waals surface area contributed by atoms with Crippen molar-refractivity contribution in [3.05, 3.63) is 35.4 Å². The second kappa shape index (κ2) is 5.72. The Hall–Kier alpha value is -1.49. The van der Waals surface area contributed by atoms with Gasteiger partial charge in [-0.2, -0.15) is 0 Å². The zero-order valence-electron chi connectivity index (χ0n) is 9.78. The summed E-state index contributed by atoms with van der Waals surface area (Å²) in [6, 6.07) is 1.82. The molecule has 94 valence electrons. The number of hydrogen-bond acceptors (Lipinski definition) is 2. The number of likely N-dealkylation sites (N-methyl/N-ethyl adjacent to an activating group) is 1. The number of carboxylic acid groups (broad SMARTS) is 1. The van der Waals surface area contributed by atoms with Gasteiger partial charge in [0.25, 0.3) is 0 Å². The van der Waals surface area contributed by atoms with Crippen molar-refractivity contribution in [2.45, 2.75) is 19.9 Å². The van der Waals surface area contributed by atoms with Crippen LogP contribution in [0.5, 0.6) is 0 Å². The second-order valence-electron chi connectivity index (χ2n) is 3.66. The average molecular weight is 243 g/mol. The molecule has 1 atom stereocenters. The number of rotatable bonds is 5. The molecule has 0 aliphatic rings. The molecule has 1 N–H and O–H groups in total. The van der Waals surface area contributed by atoms with E-state index in [2.05, 4.69) is 0 Å². The second-order valence-corrected chi connectivity index (χ2v) is 3.66. The van der Waals surface area contributed by atoms with Crippen LogP contribution in [-0.4, -0.2) is 29.1 Å². The van der Waals surface area contributed by atoms with Gasteiger partial charge in [0, 0.05) is 6.07 Å². The number of nitrogens with zero attached hydrogens (tertiary/aromatic N) is 1. The number of hydrogen-bond donors (Lipinski definition) is 1. The van der Waals surface area contributed by atoms with Crippen LogP contribution in [0.2, 0.25) is 0 Å². The van der Waals surface area contributed by atoms with Gasteiger partial charge in [0.1, 0.15) is 17.7 Å². The Morgan fingerprint density at radius 2 is 1.71 bits per heavy atom. The standard InChI is InChI=1S/C12H15F2NO2/c1-3-15(4-2)11(12(16)17)8-5-9(13)7-10(14)6-8/h5-7,11H,3-4H2,1-2H3,(H,16,17). The quantitative estimate of drug-likeness (QED) is 0.863. The molecule has 0 spiro atoms. The average Bonchev–Trinajstić information content (AvgIpc) is 2.23. The molecule has 0 saturated heterocycles. The van der Waals surface area contributed by atoms with E-state index in [1.54, 1.807) is 18.7 Å². The lowest BCUT2D eigenvalue weighted by Gasteiger charge is -2.26. The smallest absolute Gasteiger partial charge is 0.325 e. The predicted octanol–water partition coefficient (Wildman–Crippen LogP) is 2.43. The van der Waals surface area contributed by atoms with Crippen molar-refractivity contribution in [3.63, 3.8) is 0 Å². The lowest BCUT2D eigenvalue weighted by atomic mass is 10.0. The molecular weight excluding hydrogens is 228 g/mol. The number of carboxylic acids is 1. The summed E-state index contributed by atoms with van der Waals surface area (Å²) < 4.78 is 26.1. The highest BCUT2D eigenvalue weighted by molar-refractivity contribution is 5.75. The first-order valence-corrected chi connectivity index (χ1v) is 5.42. The highest BCUT2D eigenvalue weighted by Crippen LogP contribution is 2.22. The third-order valence-electron chi connectivity index (χ3n) is 2.61. The Morgan fingerprint density at radius 1 is 1.24 bits per heavy atom. The minimum atomic E-state index is -1.11. The van der Waals surface area contributed by atoms with E-state index in [0.717, 1.165) is 18.2 Å². The molecule has 1 aromatic carbocycles. The summed E-state index contributed by atoms with van der Waals surface area (Å²) in [6.07, 6.45) is 0. The summed E-state index contributed by atoms with van der Waals surface area (Å²) in [5.41, 5.74) is 0.124. The molecule has 0 aliphatic carbocycles. The summed E-state index contributed by atoms with van der Waals surface area (Å²) in [6.45, 7) is 4.58. The SMILES string of the molecule is CCN(CC)C(C(=O)O)c1cc(F)cc(F)c1. The van der Waals surface area contributed by atoms with Crippen LogP contribution in [0.4, 0.5) is 8.78 Å². The molecule has 1 aromatic rings. The van der Waals surface area contributed by atoms with E-state index in [1.165, 1.54) is 0 Å². The van der Waals surface area contributed by atoms with Crippen molar-refractivity contribution in [3.8, 4) is 0 Å². The lowest BCUT2D eigenvalue weighted by Crippen LogP contribution is -2.34. The van der Waals surface area contributed by atoms with E-state index >= 15 is 0 Å². The predicted molar refractivity (Wildman–Crippen MR) is 59.7 cm³/mol. The molecule has 0 bridgehead atoms. The summed E-state index contributed by atoms with van der Waals surface area (Å²) in [4.78, 5) is 12.8. The van der Waals surface area contributed by atoms with Crippen LogP contribution < -0.4 is 0 Å². The molecular formula is C12H15F2NO2. The Kier molecular flexibility index (Phi) is 4.57. The molecule has 0 aliphatic heterocycles. The highest BCUT2D eigenvalue weighted by Gasteiger charge is 2.26. The van der Waals surface area contributed by atoms with E-state index in [-0.39, 0.29) is 5.56 Å². The van der Waals surface area contributed by atoms with E-state index < -0.39 is 23.6 Å². The minimum Gasteiger partial charge on any atom is -0.480 e. The molecule has 0 fully saturated rings. The topological polar surface area (TPSA) is 40.5 Å². The first-order chi connectivity index (χ1) is 7.99. The number of halogens is 2. The molecule has 1 rings (SSSR count). The summed E-state index contributed by atoms with van der Waals surface area (Å²) >= 11 is 0. The number of benzene rings is 1. The zero-order valence-corrected chi connectivity index (χ0v) is 9.78. The number of carbonyl (C=O) groups is 1. The van der Waals surface area contributed by atoms with Crippen LogP contribution in [0.3, 0.4) is 0 Å². The zero-order chi connectivity index (χ0) is 13.0. The van der Waals surface area contributed by atoms with Crippen LogP contribution >= 0.6 is 0 Å². The molecule has 3 nitrogen and oxygen atoms in total. The largest absolute Gasteiger partial charge is 0.480 e. The third-order valence-corrected chi connectivity index (χ3v) is 2.61. The van der Waals surface area contributed by atoms with E-state index in [9.17, 15) is 13.6 Å². The summed E-state index contributed by atoms with van der Waals surface area (Å²) in [5.74, 6) is -2.64.